The van der Waals surface area contributed by atoms with E-state index in [0.29, 0.717) is 5.91 Å². The number of carbonyl (C=O) groups is 1. The van der Waals surface area contributed by atoms with Crippen LogP contribution in [0, 0.1) is 23.2 Å². The van der Waals surface area contributed by atoms with Crippen molar-refractivity contribution in [2.75, 3.05) is 6.54 Å². The monoisotopic (exact) mass is 343 g/mol. The summed E-state index contributed by atoms with van der Waals surface area (Å²) in [5.74, 6) is 2.92. The SMILES string of the molecule is O=C(N1CCC[C@@H]1c1ccccc1Cl)C12CC3CC(CC(C3)C1)C2. The first kappa shape index (κ1) is 15.3. The molecule has 0 radical (unpaired) electrons. The number of amides is 1. The van der Waals surface area contributed by atoms with Gasteiger partial charge in [-0.1, -0.05) is 29.8 Å². The van der Waals surface area contributed by atoms with Crippen molar-refractivity contribution in [2.45, 2.75) is 57.4 Å². The molecule has 4 saturated carbocycles. The minimum atomic E-state index is -0.0292. The molecule has 0 spiro atoms. The highest BCUT2D eigenvalue weighted by Crippen LogP contribution is 2.61. The lowest BCUT2D eigenvalue weighted by Crippen LogP contribution is -2.54. The van der Waals surface area contributed by atoms with Crippen LogP contribution in [0.4, 0.5) is 0 Å². The van der Waals surface area contributed by atoms with Gasteiger partial charge in [0.15, 0.2) is 0 Å². The molecule has 3 heteroatoms. The third-order valence-corrected chi connectivity index (χ3v) is 7.61. The van der Waals surface area contributed by atoms with E-state index in [1.807, 2.05) is 18.2 Å². The molecule has 1 aliphatic heterocycles. The van der Waals surface area contributed by atoms with E-state index in [-0.39, 0.29) is 11.5 Å². The lowest BCUT2D eigenvalue weighted by Gasteiger charge is -2.56. The minimum absolute atomic E-state index is 0.0292. The number of likely N-dealkylation sites (tertiary alicyclic amines) is 1. The highest BCUT2D eigenvalue weighted by Gasteiger charge is 2.56. The van der Waals surface area contributed by atoms with Gasteiger partial charge in [-0.2, -0.15) is 0 Å². The van der Waals surface area contributed by atoms with Gasteiger partial charge in [-0.3, -0.25) is 4.79 Å². The zero-order valence-corrected chi connectivity index (χ0v) is 15.0. The van der Waals surface area contributed by atoms with E-state index in [9.17, 15) is 4.79 Å². The number of hydrogen-bond donors (Lipinski definition) is 0. The summed E-state index contributed by atoms with van der Waals surface area (Å²) in [5.41, 5.74) is 1.12. The zero-order chi connectivity index (χ0) is 16.3. The van der Waals surface area contributed by atoms with Gasteiger partial charge in [-0.15, -0.1) is 0 Å². The number of rotatable bonds is 2. The Bertz CT molecular complexity index is 634. The van der Waals surface area contributed by atoms with Crippen molar-refractivity contribution in [3.8, 4) is 0 Å². The quantitative estimate of drug-likeness (QED) is 0.720. The Morgan fingerprint density at radius 2 is 1.67 bits per heavy atom. The van der Waals surface area contributed by atoms with Crippen LogP contribution in [0.25, 0.3) is 0 Å². The third-order valence-electron chi connectivity index (χ3n) is 7.27. The number of carbonyl (C=O) groups excluding carboxylic acids is 1. The normalized spacial score (nSPS) is 40.3. The summed E-state index contributed by atoms with van der Waals surface area (Å²) >= 11 is 6.46. The Morgan fingerprint density at radius 1 is 1.04 bits per heavy atom. The molecule has 1 aromatic rings. The third kappa shape index (κ3) is 2.25. The van der Waals surface area contributed by atoms with Crippen LogP contribution in [0.3, 0.4) is 0 Å². The molecule has 1 amide bonds. The molecule has 2 nitrogen and oxygen atoms in total. The second kappa shape index (κ2) is 5.49. The molecular formula is C21H26ClNO. The number of nitrogens with zero attached hydrogens (tertiary/aromatic N) is 1. The van der Waals surface area contributed by atoms with Gasteiger partial charge < -0.3 is 4.90 Å². The Kier molecular flexibility index (Phi) is 3.49. The van der Waals surface area contributed by atoms with Crippen molar-refractivity contribution < 1.29 is 4.79 Å². The van der Waals surface area contributed by atoms with Crippen LogP contribution in [0.5, 0.6) is 0 Å². The summed E-state index contributed by atoms with van der Waals surface area (Å²) in [5, 5.41) is 0.813. The summed E-state index contributed by atoms with van der Waals surface area (Å²) in [6.45, 7) is 0.913. The summed E-state index contributed by atoms with van der Waals surface area (Å²) < 4.78 is 0. The standard InChI is InChI=1S/C21H26ClNO/c22-18-5-2-1-4-17(18)19-6-3-7-23(19)20(24)21-11-14-8-15(12-21)10-16(9-14)13-21/h1-2,4-5,14-16,19H,3,6-13H2/t14?,15?,16?,19-,21?/m1/s1. The molecule has 128 valence electrons. The number of hydrogen-bond acceptors (Lipinski definition) is 1. The second-order valence-electron chi connectivity index (χ2n) is 8.88. The topological polar surface area (TPSA) is 20.3 Å². The van der Waals surface area contributed by atoms with Gasteiger partial charge in [0, 0.05) is 11.6 Å². The molecule has 1 heterocycles. The van der Waals surface area contributed by atoms with Crippen molar-refractivity contribution in [1.29, 1.82) is 0 Å². The Morgan fingerprint density at radius 3 is 2.29 bits per heavy atom. The second-order valence-corrected chi connectivity index (χ2v) is 9.28. The highest BCUT2D eigenvalue weighted by molar-refractivity contribution is 6.31. The lowest BCUT2D eigenvalue weighted by molar-refractivity contribution is -0.158. The molecule has 5 fully saturated rings. The Hall–Kier alpha value is -1.02. The first-order chi connectivity index (χ1) is 11.6. The van der Waals surface area contributed by atoms with E-state index < -0.39 is 0 Å². The van der Waals surface area contributed by atoms with E-state index in [1.165, 1.54) is 19.3 Å². The van der Waals surface area contributed by atoms with E-state index in [0.717, 1.165) is 67.0 Å². The maximum Gasteiger partial charge on any atom is 0.229 e. The average Bonchev–Trinajstić information content (AvgIpc) is 3.02. The van der Waals surface area contributed by atoms with E-state index in [4.69, 9.17) is 11.6 Å². The van der Waals surface area contributed by atoms with E-state index in [2.05, 4.69) is 11.0 Å². The molecule has 0 unspecified atom stereocenters. The molecule has 1 saturated heterocycles. The fourth-order valence-corrected chi connectivity index (χ4v) is 7.02. The summed E-state index contributed by atoms with van der Waals surface area (Å²) in [6, 6.07) is 8.29. The van der Waals surface area contributed by atoms with Crippen LogP contribution in [-0.4, -0.2) is 17.4 Å². The molecular weight excluding hydrogens is 318 g/mol. The fourth-order valence-electron chi connectivity index (χ4n) is 6.76. The van der Waals surface area contributed by atoms with Crippen LogP contribution in [0.1, 0.15) is 63.0 Å². The molecule has 1 aromatic carbocycles. The van der Waals surface area contributed by atoms with Crippen LogP contribution >= 0.6 is 11.6 Å². The molecule has 0 N–H and O–H groups in total. The van der Waals surface area contributed by atoms with Gasteiger partial charge in [0.25, 0.3) is 0 Å². The lowest BCUT2D eigenvalue weighted by atomic mass is 9.49. The van der Waals surface area contributed by atoms with E-state index >= 15 is 0 Å². The van der Waals surface area contributed by atoms with Crippen molar-refractivity contribution in [1.82, 2.24) is 4.90 Å². The van der Waals surface area contributed by atoms with Gasteiger partial charge >= 0.3 is 0 Å². The zero-order valence-electron chi connectivity index (χ0n) is 14.2. The predicted molar refractivity (Wildman–Crippen MR) is 95.7 cm³/mol. The minimum Gasteiger partial charge on any atom is -0.335 e. The van der Waals surface area contributed by atoms with Crippen molar-refractivity contribution in [3.05, 3.63) is 34.9 Å². The van der Waals surface area contributed by atoms with Crippen LogP contribution < -0.4 is 0 Å². The van der Waals surface area contributed by atoms with Crippen molar-refractivity contribution in [2.24, 2.45) is 23.2 Å². The van der Waals surface area contributed by atoms with Crippen LogP contribution in [0.2, 0.25) is 5.02 Å². The largest absolute Gasteiger partial charge is 0.335 e. The van der Waals surface area contributed by atoms with E-state index in [1.54, 1.807) is 0 Å². The van der Waals surface area contributed by atoms with Crippen molar-refractivity contribution in [3.63, 3.8) is 0 Å². The molecule has 4 aliphatic carbocycles. The maximum atomic E-state index is 13.7. The Labute approximate surface area is 149 Å². The summed E-state index contributed by atoms with van der Waals surface area (Å²) in [7, 11) is 0. The van der Waals surface area contributed by atoms with Gasteiger partial charge in [-0.05, 0) is 80.8 Å². The van der Waals surface area contributed by atoms with Gasteiger partial charge in [-0.25, -0.2) is 0 Å². The van der Waals surface area contributed by atoms with Gasteiger partial charge in [0.05, 0.1) is 11.5 Å². The summed E-state index contributed by atoms with van der Waals surface area (Å²) in [4.78, 5) is 15.9. The average molecular weight is 344 g/mol. The Balaban J connectivity index is 1.45. The van der Waals surface area contributed by atoms with Crippen LogP contribution in [-0.2, 0) is 4.79 Å². The molecule has 1 atom stereocenters. The number of halogens is 1. The predicted octanol–water partition coefficient (Wildman–Crippen LogP) is 5.22. The van der Waals surface area contributed by atoms with Gasteiger partial charge in [0.2, 0.25) is 5.91 Å². The highest BCUT2D eigenvalue weighted by atomic mass is 35.5. The first-order valence-corrected chi connectivity index (χ1v) is 10.1. The molecule has 0 aromatic heterocycles. The first-order valence-electron chi connectivity index (χ1n) is 9.70. The molecule has 5 aliphatic rings. The van der Waals surface area contributed by atoms with Crippen molar-refractivity contribution >= 4 is 17.5 Å². The fraction of sp³-hybridized carbons (Fsp3) is 0.667. The molecule has 24 heavy (non-hydrogen) atoms. The molecule has 4 bridgehead atoms. The number of benzene rings is 1. The van der Waals surface area contributed by atoms with Gasteiger partial charge in [0.1, 0.15) is 0 Å². The smallest absolute Gasteiger partial charge is 0.229 e. The van der Waals surface area contributed by atoms with Crippen LogP contribution in [0.15, 0.2) is 24.3 Å². The maximum absolute atomic E-state index is 13.7. The molecule has 6 rings (SSSR count). The summed E-state index contributed by atoms with van der Waals surface area (Å²) in [6.07, 6.45) is 9.80.